The van der Waals surface area contributed by atoms with Crippen molar-refractivity contribution in [2.75, 3.05) is 39.3 Å². The van der Waals surface area contributed by atoms with E-state index in [1.165, 1.54) is 16.7 Å². The average molecular weight is 394 g/mol. The Bertz CT molecular complexity index is 721. The van der Waals surface area contributed by atoms with E-state index < -0.39 is 0 Å². The maximum atomic E-state index is 12.0. The van der Waals surface area contributed by atoms with Gasteiger partial charge in [-0.15, -0.1) is 0 Å². The van der Waals surface area contributed by atoms with E-state index in [4.69, 9.17) is 0 Å². The lowest BCUT2D eigenvalue weighted by atomic mass is 10.1. The summed E-state index contributed by atoms with van der Waals surface area (Å²) in [7, 11) is 0. The number of rotatable bonds is 10. The molecule has 0 aliphatic carbocycles. The molecule has 1 fully saturated rings. The Hall–Kier alpha value is -2.17. The highest BCUT2D eigenvalue weighted by atomic mass is 16.1. The van der Waals surface area contributed by atoms with Gasteiger partial charge in [0.1, 0.15) is 0 Å². The minimum atomic E-state index is 0.185. The molecule has 0 saturated carbocycles. The second kappa shape index (κ2) is 11.7. The number of nitrogens with zero attached hydrogens (tertiary/aromatic N) is 2. The van der Waals surface area contributed by atoms with Crippen LogP contribution in [0.3, 0.4) is 0 Å². The quantitative estimate of drug-likeness (QED) is 0.626. The summed E-state index contributed by atoms with van der Waals surface area (Å²) < 4.78 is 0. The summed E-state index contributed by atoms with van der Waals surface area (Å²) in [5.41, 5.74) is 3.99. The summed E-state index contributed by atoms with van der Waals surface area (Å²) in [5, 5.41) is 3.08. The molecule has 1 heterocycles. The van der Waals surface area contributed by atoms with Gasteiger partial charge in [0, 0.05) is 45.7 Å². The van der Waals surface area contributed by atoms with E-state index in [-0.39, 0.29) is 5.91 Å². The molecular formula is C25H35N3O. The number of amides is 1. The molecule has 0 unspecified atom stereocenters. The fourth-order valence-corrected chi connectivity index (χ4v) is 3.84. The van der Waals surface area contributed by atoms with Crippen molar-refractivity contribution in [1.82, 2.24) is 15.1 Å². The highest BCUT2D eigenvalue weighted by Gasteiger charge is 2.16. The molecule has 4 nitrogen and oxygen atoms in total. The molecular weight excluding hydrogens is 358 g/mol. The standard InChI is InChI=1S/C25H35N3O/c1-22-11-13-23(14-12-22)9-5-10-25(29)26-15-6-16-27-17-19-28(20-18-27)21-24-7-3-2-4-8-24/h2-4,7-8,11-14H,5-6,9-10,15-21H2,1H3,(H,26,29). The van der Waals surface area contributed by atoms with E-state index in [2.05, 4.69) is 76.6 Å². The van der Waals surface area contributed by atoms with Crippen molar-refractivity contribution in [3.63, 3.8) is 0 Å². The molecule has 1 aliphatic rings. The van der Waals surface area contributed by atoms with Gasteiger partial charge in [0.05, 0.1) is 0 Å². The van der Waals surface area contributed by atoms with Crippen molar-refractivity contribution in [1.29, 1.82) is 0 Å². The molecule has 1 amide bonds. The van der Waals surface area contributed by atoms with Crippen LogP contribution in [0.2, 0.25) is 0 Å². The van der Waals surface area contributed by atoms with Crippen LogP contribution < -0.4 is 5.32 Å². The first-order chi connectivity index (χ1) is 14.2. The Morgan fingerprint density at radius 1 is 0.862 bits per heavy atom. The molecule has 0 aromatic heterocycles. The maximum Gasteiger partial charge on any atom is 0.220 e. The highest BCUT2D eigenvalue weighted by Crippen LogP contribution is 2.09. The first-order valence-electron chi connectivity index (χ1n) is 11.0. The first-order valence-corrected chi connectivity index (χ1v) is 11.0. The molecule has 4 heteroatoms. The third-order valence-electron chi connectivity index (χ3n) is 5.68. The summed E-state index contributed by atoms with van der Waals surface area (Å²) >= 11 is 0. The number of aryl methyl sites for hydroxylation is 2. The third-order valence-corrected chi connectivity index (χ3v) is 5.68. The van der Waals surface area contributed by atoms with Gasteiger partial charge < -0.3 is 10.2 Å². The largest absolute Gasteiger partial charge is 0.356 e. The Balaban J connectivity index is 1.21. The Labute approximate surface area is 175 Å². The minimum absolute atomic E-state index is 0.185. The SMILES string of the molecule is Cc1ccc(CCCC(=O)NCCCN2CCN(Cc3ccccc3)CC2)cc1. The zero-order valence-corrected chi connectivity index (χ0v) is 17.8. The zero-order valence-electron chi connectivity index (χ0n) is 17.8. The van der Waals surface area contributed by atoms with Crippen molar-refractivity contribution >= 4 is 5.91 Å². The molecule has 0 radical (unpaired) electrons. The van der Waals surface area contributed by atoms with E-state index in [1.807, 2.05) is 0 Å². The fourth-order valence-electron chi connectivity index (χ4n) is 3.84. The predicted octanol–water partition coefficient (Wildman–Crippen LogP) is 3.64. The van der Waals surface area contributed by atoms with Gasteiger partial charge >= 0.3 is 0 Å². The number of nitrogens with one attached hydrogen (secondary N) is 1. The van der Waals surface area contributed by atoms with Gasteiger partial charge in [0.2, 0.25) is 5.91 Å². The van der Waals surface area contributed by atoms with E-state index in [1.54, 1.807) is 0 Å². The molecule has 1 aliphatic heterocycles. The molecule has 1 N–H and O–H groups in total. The molecule has 2 aromatic rings. The number of hydrogen-bond donors (Lipinski definition) is 1. The topological polar surface area (TPSA) is 35.6 Å². The molecule has 29 heavy (non-hydrogen) atoms. The van der Waals surface area contributed by atoms with Crippen LogP contribution in [0.25, 0.3) is 0 Å². The number of piperazine rings is 1. The number of benzene rings is 2. The highest BCUT2D eigenvalue weighted by molar-refractivity contribution is 5.75. The summed E-state index contributed by atoms with van der Waals surface area (Å²) in [4.78, 5) is 17.1. The van der Waals surface area contributed by atoms with Crippen molar-refractivity contribution in [3.05, 3.63) is 71.3 Å². The van der Waals surface area contributed by atoms with Crippen LogP contribution in [0.4, 0.5) is 0 Å². The lowest BCUT2D eigenvalue weighted by Gasteiger charge is -2.34. The van der Waals surface area contributed by atoms with Crippen LogP contribution in [0, 0.1) is 6.92 Å². The second-order valence-electron chi connectivity index (χ2n) is 8.15. The van der Waals surface area contributed by atoms with Gasteiger partial charge in [-0.1, -0.05) is 60.2 Å². The molecule has 0 spiro atoms. The van der Waals surface area contributed by atoms with Gasteiger partial charge in [-0.05, 0) is 43.9 Å². The van der Waals surface area contributed by atoms with Crippen LogP contribution in [0.1, 0.15) is 36.0 Å². The molecule has 2 aromatic carbocycles. The van der Waals surface area contributed by atoms with Crippen LogP contribution >= 0.6 is 0 Å². The smallest absolute Gasteiger partial charge is 0.220 e. The molecule has 156 valence electrons. The summed E-state index contributed by atoms with van der Waals surface area (Å²) in [6.45, 7) is 9.50. The second-order valence-corrected chi connectivity index (χ2v) is 8.15. The minimum Gasteiger partial charge on any atom is -0.356 e. The molecule has 0 atom stereocenters. The van der Waals surface area contributed by atoms with Gasteiger partial charge in [-0.2, -0.15) is 0 Å². The lowest BCUT2D eigenvalue weighted by molar-refractivity contribution is -0.121. The zero-order chi connectivity index (χ0) is 20.3. The fraction of sp³-hybridized carbons (Fsp3) is 0.480. The number of carbonyl (C=O) groups excluding carboxylic acids is 1. The Morgan fingerprint density at radius 3 is 2.28 bits per heavy atom. The lowest BCUT2D eigenvalue weighted by Crippen LogP contribution is -2.46. The maximum absolute atomic E-state index is 12.0. The van der Waals surface area contributed by atoms with Crippen LogP contribution in [-0.4, -0.2) is 55.0 Å². The normalized spacial score (nSPS) is 15.3. The van der Waals surface area contributed by atoms with Crippen molar-refractivity contribution in [3.8, 4) is 0 Å². The summed E-state index contributed by atoms with van der Waals surface area (Å²) in [5.74, 6) is 0.185. The van der Waals surface area contributed by atoms with Crippen LogP contribution in [0.15, 0.2) is 54.6 Å². The summed E-state index contributed by atoms with van der Waals surface area (Å²) in [6, 6.07) is 19.3. The van der Waals surface area contributed by atoms with Crippen LogP contribution in [0.5, 0.6) is 0 Å². The van der Waals surface area contributed by atoms with Crippen molar-refractivity contribution in [2.45, 2.75) is 39.2 Å². The molecule has 1 saturated heterocycles. The molecule has 3 rings (SSSR count). The van der Waals surface area contributed by atoms with E-state index in [9.17, 15) is 4.79 Å². The Morgan fingerprint density at radius 2 is 1.55 bits per heavy atom. The van der Waals surface area contributed by atoms with Crippen LogP contribution in [-0.2, 0) is 17.8 Å². The van der Waals surface area contributed by atoms with Gasteiger partial charge in [-0.3, -0.25) is 9.69 Å². The van der Waals surface area contributed by atoms with Crippen molar-refractivity contribution in [2.24, 2.45) is 0 Å². The predicted molar refractivity (Wildman–Crippen MR) is 120 cm³/mol. The van der Waals surface area contributed by atoms with E-state index in [0.717, 1.165) is 65.1 Å². The summed E-state index contributed by atoms with van der Waals surface area (Å²) in [6.07, 6.45) is 3.54. The van der Waals surface area contributed by atoms with Gasteiger partial charge in [0.15, 0.2) is 0 Å². The monoisotopic (exact) mass is 393 g/mol. The van der Waals surface area contributed by atoms with Gasteiger partial charge in [-0.25, -0.2) is 0 Å². The van der Waals surface area contributed by atoms with E-state index >= 15 is 0 Å². The third kappa shape index (κ3) is 8.00. The number of hydrogen-bond acceptors (Lipinski definition) is 3. The van der Waals surface area contributed by atoms with Crippen molar-refractivity contribution < 1.29 is 4.79 Å². The van der Waals surface area contributed by atoms with E-state index in [0.29, 0.717) is 6.42 Å². The first kappa shape index (κ1) is 21.5. The average Bonchev–Trinajstić information content (AvgIpc) is 2.74. The molecule has 0 bridgehead atoms. The van der Waals surface area contributed by atoms with Gasteiger partial charge in [0.25, 0.3) is 0 Å². The number of carbonyl (C=O) groups is 1. The Kier molecular flexibility index (Phi) is 8.72.